The van der Waals surface area contributed by atoms with Crippen LogP contribution in [0.3, 0.4) is 0 Å². The number of hydrogen-bond donors (Lipinski definition) is 0. The van der Waals surface area contributed by atoms with Crippen molar-refractivity contribution >= 4 is 19.4 Å². The lowest BCUT2D eigenvalue weighted by Crippen LogP contribution is -2.20. The largest absolute Gasteiger partial charge is 0.358 e. The second kappa shape index (κ2) is 4.85. The number of hydrogen-bond acceptors (Lipinski definition) is 4. The molecule has 0 bridgehead atoms. The fourth-order valence-electron chi connectivity index (χ4n) is 1.73. The maximum atomic E-state index is 12.4. The lowest BCUT2D eigenvalue weighted by Gasteiger charge is -2.23. The van der Waals surface area contributed by atoms with Crippen LogP contribution < -0.4 is 0 Å². The Morgan fingerprint density at radius 1 is 1.50 bits per heavy atom. The van der Waals surface area contributed by atoms with Crippen molar-refractivity contribution in [3.63, 3.8) is 0 Å². The minimum atomic E-state index is -3.04. The maximum Gasteiger partial charge on any atom is 0.358 e. The highest BCUT2D eigenvalue weighted by Gasteiger charge is 2.47. The van der Waals surface area contributed by atoms with Crippen LogP contribution in [0, 0.1) is 0 Å². The third-order valence-electron chi connectivity index (χ3n) is 2.29. The van der Waals surface area contributed by atoms with Crippen molar-refractivity contribution in [2.24, 2.45) is 0 Å². The van der Waals surface area contributed by atoms with E-state index in [1.807, 2.05) is 27.7 Å². The Balaban J connectivity index is 3.08. The van der Waals surface area contributed by atoms with E-state index in [0.29, 0.717) is 11.9 Å². The molecule has 0 spiro atoms. The van der Waals surface area contributed by atoms with Crippen molar-refractivity contribution in [3.8, 4) is 0 Å². The monoisotopic (exact) mass is 264 g/mol. The SMILES string of the molecule is CCOP1(=O)OC(C)(C)C(SC(C)C)=C1C. The van der Waals surface area contributed by atoms with Gasteiger partial charge in [0.25, 0.3) is 0 Å². The minimum Gasteiger partial charge on any atom is -0.306 e. The summed E-state index contributed by atoms with van der Waals surface area (Å²) in [6, 6.07) is 0. The molecule has 0 saturated heterocycles. The summed E-state index contributed by atoms with van der Waals surface area (Å²) in [6.07, 6.45) is 0. The van der Waals surface area contributed by atoms with E-state index in [1.54, 1.807) is 11.8 Å². The van der Waals surface area contributed by atoms with Gasteiger partial charge in [-0.05, 0) is 27.7 Å². The summed E-state index contributed by atoms with van der Waals surface area (Å²) in [5.74, 6) is 0. The molecule has 16 heavy (non-hydrogen) atoms. The molecule has 0 aromatic carbocycles. The van der Waals surface area contributed by atoms with Crippen molar-refractivity contribution in [1.82, 2.24) is 0 Å². The summed E-state index contributed by atoms with van der Waals surface area (Å²) in [6.45, 7) is 12.2. The standard InChI is InChI=1S/C11H21O3PS/c1-7-13-15(12)9(4)10(16-8(2)3)11(5,6)14-15/h8H,7H2,1-6H3. The van der Waals surface area contributed by atoms with Gasteiger partial charge in [-0.3, -0.25) is 9.09 Å². The second-order valence-electron chi connectivity index (χ2n) is 4.60. The van der Waals surface area contributed by atoms with Gasteiger partial charge in [0, 0.05) is 10.2 Å². The van der Waals surface area contributed by atoms with E-state index in [1.165, 1.54) is 0 Å². The van der Waals surface area contributed by atoms with E-state index in [9.17, 15) is 4.57 Å². The first-order valence-corrected chi connectivity index (χ1v) is 7.99. The van der Waals surface area contributed by atoms with Crippen LogP contribution in [0.1, 0.15) is 41.5 Å². The molecular formula is C11H21O3PS. The molecule has 0 aliphatic carbocycles. The molecule has 1 aliphatic heterocycles. The lowest BCUT2D eigenvalue weighted by atomic mass is 10.1. The van der Waals surface area contributed by atoms with Crippen LogP contribution in [0.5, 0.6) is 0 Å². The molecule has 1 atom stereocenters. The van der Waals surface area contributed by atoms with Crippen LogP contribution in [0.25, 0.3) is 0 Å². The molecule has 1 heterocycles. The Morgan fingerprint density at radius 3 is 2.50 bits per heavy atom. The molecule has 1 unspecified atom stereocenters. The maximum absolute atomic E-state index is 12.4. The van der Waals surface area contributed by atoms with Crippen LogP contribution in [-0.4, -0.2) is 17.5 Å². The highest BCUT2D eigenvalue weighted by Crippen LogP contribution is 2.68. The summed E-state index contributed by atoms with van der Waals surface area (Å²) < 4.78 is 23.4. The first kappa shape index (κ1) is 14.3. The average molecular weight is 264 g/mol. The predicted octanol–water partition coefficient (Wildman–Crippen LogP) is 4.40. The molecular weight excluding hydrogens is 243 g/mol. The Labute approximate surface area is 103 Å². The molecule has 0 fully saturated rings. The molecule has 5 heteroatoms. The van der Waals surface area contributed by atoms with E-state index in [2.05, 4.69) is 13.8 Å². The molecule has 0 N–H and O–H groups in total. The second-order valence-corrected chi connectivity index (χ2v) is 8.29. The predicted molar refractivity (Wildman–Crippen MR) is 69.8 cm³/mol. The van der Waals surface area contributed by atoms with Gasteiger partial charge in [-0.1, -0.05) is 13.8 Å². The molecule has 1 rings (SSSR count). The van der Waals surface area contributed by atoms with E-state index in [-0.39, 0.29) is 0 Å². The molecule has 0 radical (unpaired) electrons. The summed E-state index contributed by atoms with van der Waals surface area (Å²) in [7, 11) is -3.04. The van der Waals surface area contributed by atoms with Gasteiger partial charge in [-0.15, -0.1) is 11.8 Å². The van der Waals surface area contributed by atoms with Crippen molar-refractivity contribution in [2.45, 2.75) is 52.4 Å². The molecule has 0 aromatic rings. The Kier molecular flexibility index (Phi) is 4.34. The zero-order valence-corrected chi connectivity index (χ0v) is 12.6. The molecule has 0 amide bonds. The average Bonchev–Trinajstić information content (AvgIpc) is 2.25. The van der Waals surface area contributed by atoms with E-state index in [0.717, 1.165) is 10.2 Å². The van der Waals surface area contributed by atoms with Crippen LogP contribution in [-0.2, 0) is 13.6 Å². The summed E-state index contributed by atoms with van der Waals surface area (Å²) in [5.41, 5.74) is -0.496. The van der Waals surface area contributed by atoms with E-state index < -0.39 is 13.2 Å². The zero-order valence-electron chi connectivity index (χ0n) is 10.9. The van der Waals surface area contributed by atoms with E-state index in [4.69, 9.17) is 9.05 Å². The fraction of sp³-hybridized carbons (Fsp3) is 0.818. The zero-order chi connectivity index (χ0) is 12.6. The number of thioether (sulfide) groups is 1. The molecule has 1 aliphatic rings. The molecule has 0 aromatic heterocycles. The first-order valence-electron chi connectivity index (χ1n) is 5.57. The highest BCUT2D eigenvalue weighted by molar-refractivity contribution is 8.04. The van der Waals surface area contributed by atoms with Gasteiger partial charge in [0.2, 0.25) is 0 Å². The quantitative estimate of drug-likeness (QED) is 0.705. The third kappa shape index (κ3) is 2.73. The summed E-state index contributed by atoms with van der Waals surface area (Å²) in [5, 5.41) is 1.22. The minimum absolute atomic E-state index is 0.407. The van der Waals surface area contributed by atoms with Crippen LogP contribution in [0.4, 0.5) is 0 Å². The Morgan fingerprint density at radius 2 is 2.06 bits per heavy atom. The fourth-order valence-corrected chi connectivity index (χ4v) is 5.18. The van der Waals surface area contributed by atoms with Gasteiger partial charge < -0.3 is 4.52 Å². The summed E-state index contributed by atoms with van der Waals surface area (Å²) in [4.78, 5) is 1.05. The van der Waals surface area contributed by atoms with Crippen LogP contribution in [0.15, 0.2) is 10.2 Å². The first-order chi connectivity index (χ1) is 7.23. The highest BCUT2D eigenvalue weighted by atomic mass is 32.2. The lowest BCUT2D eigenvalue weighted by molar-refractivity contribution is 0.133. The number of allylic oxidation sites excluding steroid dienone is 1. The summed E-state index contributed by atoms with van der Waals surface area (Å²) >= 11 is 1.71. The van der Waals surface area contributed by atoms with Gasteiger partial charge in [0.05, 0.1) is 11.9 Å². The molecule has 94 valence electrons. The van der Waals surface area contributed by atoms with Gasteiger partial charge in [-0.2, -0.15) is 0 Å². The van der Waals surface area contributed by atoms with Crippen molar-refractivity contribution in [1.29, 1.82) is 0 Å². The third-order valence-corrected chi connectivity index (χ3v) is 6.28. The van der Waals surface area contributed by atoms with Crippen molar-refractivity contribution < 1.29 is 13.6 Å². The van der Waals surface area contributed by atoms with Crippen LogP contribution >= 0.6 is 19.4 Å². The molecule has 3 nitrogen and oxygen atoms in total. The smallest absolute Gasteiger partial charge is 0.306 e. The normalized spacial score (nSPS) is 29.2. The van der Waals surface area contributed by atoms with Gasteiger partial charge in [0.1, 0.15) is 5.60 Å². The van der Waals surface area contributed by atoms with Gasteiger partial charge in [-0.25, -0.2) is 0 Å². The Hall–Kier alpha value is 0.240. The topological polar surface area (TPSA) is 35.5 Å². The van der Waals surface area contributed by atoms with Gasteiger partial charge in [0.15, 0.2) is 0 Å². The molecule has 0 saturated carbocycles. The number of rotatable bonds is 4. The Bertz CT molecular complexity index is 347. The van der Waals surface area contributed by atoms with Gasteiger partial charge >= 0.3 is 7.60 Å². The van der Waals surface area contributed by atoms with Crippen molar-refractivity contribution in [2.75, 3.05) is 6.61 Å². The van der Waals surface area contributed by atoms with E-state index >= 15 is 0 Å². The van der Waals surface area contributed by atoms with Crippen molar-refractivity contribution in [3.05, 3.63) is 10.2 Å². The van der Waals surface area contributed by atoms with Crippen LogP contribution in [0.2, 0.25) is 0 Å².